The molecule has 1 aromatic rings. The summed E-state index contributed by atoms with van der Waals surface area (Å²) in [5.41, 5.74) is 1.07. The van der Waals surface area contributed by atoms with Crippen LogP contribution < -0.4 is 14.8 Å². The van der Waals surface area contributed by atoms with E-state index in [9.17, 15) is 0 Å². The fourth-order valence-corrected chi connectivity index (χ4v) is 2.54. The Morgan fingerprint density at radius 2 is 2.00 bits per heavy atom. The molecular formula is C15H23NO3. The van der Waals surface area contributed by atoms with E-state index >= 15 is 0 Å². The summed E-state index contributed by atoms with van der Waals surface area (Å²) in [7, 11) is 3.33. The SMILES string of the molecule is COc1ccc(C2CNC(C)CC(C)O2)c(OC)c1. The van der Waals surface area contributed by atoms with Gasteiger partial charge in [-0.05, 0) is 32.4 Å². The van der Waals surface area contributed by atoms with E-state index in [1.807, 2.05) is 18.2 Å². The Kier molecular flexibility index (Phi) is 4.66. The van der Waals surface area contributed by atoms with E-state index in [1.54, 1.807) is 14.2 Å². The Hall–Kier alpha value is -1.26. The van der Waals surface area contributed by atoms with Gasteiger partial charge in [-0.1, -0.05) is 0 Å². The molecule has 1 heterocycles. The van der Waals surface area contributed by atoms with Crippen molar-refractivity contribution < 1.29 is 14.2 Å². The first kappa shape index (κ1) is 14.2. The van der Waals surface area contributed by atoms with Gasteiger partial charge in [0.1, 0.15) is 11.5 Å². The molecule has 0 saturated carbocycles. The molecule has 3 unspecified atom stereocenters. The number of benzene rings is 1. The lowest BCUT2D eigenvalue weighted by Crippen LogP contribution is -2.28. The molecule has 1 aliphatic heterocycles. The molecule has 3 atom stereocenters. The smallest absolute Gasteiger partial charge is 0.128 e. The van der Waals surface area contributed by atoms with Crippen molar-refractivity contribution in [3.05, 3.63) is 23.8 Å². The van der Waals surface area contributed by atoms with E-state index in [0.29, 0.717) is 6.04 Å². The Labute approximate surface area is 115 Å². The van der Waals surface area contributed by atoms with Crippen molar-refractivity contribution in [2.75, 3.05) is 20.8 Å². The van der Waals surface area contributed by atoms with Crippen LogP contribution in [0.4, 0.5) is 0 Å². The first-order valence-corrected chi connectivity index (χ1v) is 6.74. The second-order valence-electron chi connectivity index (χ2n) is 5.09. The van der Waals surface area contributed by atoms with Crippen molar-refractivity contribution in [3.63, 3.8) is 0 Å². The Balaban J connectivity index is 2.24. The van der Waals surface area contributed by atoms with Crippen LogP contribution in [0.25, 0.3) is 0 Å². The van der Waals surface area contributed by atoms with Crippen LogP contribution >= 0.6 is 0 Å². The van der Waals surface area contributed by atoms with Gasteiger partial charge in [-0.25, -0.2) is 0 Å². The number of hydrogen-bond donors (Lipinski definition) is 1. The van der Waals surface area contributed by atoms with Gasteiger partial charge < -0.3 is 19.5 Å². The van der Waals surface area contributed by atoms with Crippen LogP contribution in [0, 0.1) is 0 Å². The maximum Gasteiger partial charge on any atom is 0.128 e. The number of nitrogens with one attached hydrogen (secondary N) is 1. The average molecular weight is 265 g/mol. The molecule has 0 radical (unpaired) electrons. The van der Waals surface area contributed by atoms with Crippen LogP contribution in [-0.2, 0) is 4.74 Å². The fraction of sp³-hybridized carbons (Fsp3) is 0.600. The van der Waals surface area contributed by atoms with Crippen molar-refractivity contribution in [2.45, 2.75) is 38.5 Å². The summed E-state index contributed by atoms with van der Waals surface area (Å²) >= 11 is 0. The van der Waals surface area contributed by atoms with E-state index in [1.165, 1.54) is 0 Å². The van der Waals surface area contributed by atoms with Crippen molar-refractivity contribution in [2.24, 2.45) is 0 Å². The number of hydrogen-bond acceptors (Lipinski definition) is 4. The number of methoxy groups -OCH3 is 2. The molecule has 1 aromatic carbocycles. The zero-order valence-electron chi connectivity index (χ0n) is 12.1. The van der Waals surface area contributed by atoms with Crippen LogP contribution in [-0.4, -0.2) is 32.9 Å². The van der Waals surface area contributed by atoms with E-state index in [-0.39, 0.29) is 12.2 Å². The highest BCUT2D eigenvalue weighted by Gasteiger charge is 2.24. The quantitative estimate of drug-likeness (QED) is 0.911. The predicted octanol–water partition coefficient (Wildman–Crippen LogP) is 2.53. The highest BCUT2D eigenvalue weighted by Crippen LogP contribution is 2.33. The van der Waals surface area contributed by atoms with Crippen LogP contribution in [0.5, 0.6) is 11.5 Å². The lowest BCUT2D eigenvalue weighted by molar-refractivity contribution is 0.00603. The Bertz CT molecular complexity index is 422. The zero-order chi connectivity index (χ0) is 13.8. The molecule has 106 valence electrons. The number of ether oxygens (including phenoxy) is 3. The molecule has 0 spiro atoms. The highest BCUT2D eigenvalue weighted by molar-refractivity contribution is 5.42. The molecule has 2 rings (SSSR count). The third kappa shape index (κ3) is 3.39. The topological polar surface area (TPSA) is 39.7 Å². The van der Waals surface area contributed by atoms with Crippen molar-refractivity contribution in [1.29, 1.82) is 0 Å². The maximum absolute atomic E-state index is 6.10. The molecule has 1 saturated heterocycles. The third-order valence-electron chi connectivity index (χ3n) is 3.52. The van der Waals surface area contributed by atoms with E-state index in [2.05, 4.69) is 19.2 Å². The molecule has 0 aromatic heterocycles. The van der Waals surface area contributed by atoms with Gasteiger partial charge >= 0.3 is 0 Å². The number of rotatable bonds is 3. The second-order valence-corrected chi connectivity index (χ2v) is 5.09. The zero-order valence-corrected chi connectivity index (χ0v) is 12.1. The largest absolute Gasteiger partial charge is 0.497 e. The van der Waals surface area contributed by atoms with E-state index in [0.717, 1.165) is 30.0 Å². The van der Waals surface area contributed by atoms with Gasteiger partial charge in [0, 0.05) is 24.2 Å². The second kappa shape index (κ2) is 6.26. The van der Waals surface area contributed by atoms with E-state index in [4.69, 9.17) is 14.2 Å². The minimum Gasteiger partial charge on any atom is -0.497 e. The van der Waals surface area contributed by atoms with Crippen molar-refractivity contribution in [3.8, 4) is 11.5 Å². The van der Waals surface area contributed by atoms with Crippen LogP contribution in [0.15, 0.2) is 18.2 Å². The lowest BCUT2D eigenvalue weighted by atomic mass is 10.1. The average Bonchev–Trinajstić information content (AvgIpc) is 2.58. The van der Waals surface area contributed by atoms with Crippen molar-refractivity contribution >= 4 is 0 Å². The minimum atomic E-state index is 0.0146. The summed E-state index contributed by atoms with van der Waals surface area (Å²) < 4.78 is 16.8. The summed E-state index contributed by atoms with van der Waals surface area (Å²) in [6.07, 6.45) is 1.28. The summed E-state index contributed by atoms with van der Waals surface area (Å²) in [4.78, 5) is 0. The van der Waals surface area contributed by atoms with Gasteiger partial charge in [0.05, 0.1) is 26.4 Å². The monoisotopic (exact) mass is 265 g/mol. The van der Waals surface area contributed by atoms with Crippen LogP contribution in [0.3, 0.4) is 0 Å². The van der Waals surface area contributed by atoms with Crippen molar-refractivity contribution in [1.82, 2.24) is 5.32 Å². The van der Waals surface area contributed by atoms with Crippen LogP contribution in [0.2, 0.25) is 0 Å². The van der Waals surface area contributed by atoms with Gasteiger partial charge in [0.2, 0.25) is 0 Å². The first-order chi connectivity index (χ1) is 9.13. The van der Waals surface area contributed by atoms with Gasteiger partial charge in [0.15, 0.2) is 0 Å². The predicted molar refractivity (Wildman–Crippen MR) is 74.9 cm³/mol. The summed E-state index contributed by atoms with van der Waals surface area (Å²) in [5, 5.41) is 3.49. The fourth-order valence-electron chi connectivity index (χ4n) is 2.54. The Morgan fingerprint density at radius 1 is 1.21 bits per heavy atom. The molecule has 19 heavy (non-hydrogen) atoms. The Morgan fingerprint density at radius 3 is 2.68 bits per heavy atom. The van der Waals surface area contributed by atoms with E-state index < -0.39 is 0 Å². The highest BCUT2D eigenvalue weighted by atomic mass is 16.5. The third-order valence-corrected chi connectivity index (χ3v) is 3.52. The summed E-state index contributed by atoms with van der Waals surface area (Å²) in [6, 6.07) is 6.34. The standard InChI is InChI=1S/C15H23NO3/c1-10-7-11(2)19-15(9-16-10)13-6-5-12(17-3)8-14(13)18-4/h5-6,8,10-11,15-16H,7,9H2,1-4H3. The molecule has 1 aliphatic rings. The molecule has 4 nitrogen and oxygen atoms in total. The molecular weight excluding hydrogens is 242 g/mol. The molecule has 0 amide bonds. The normalized spacial score (nSPS) is 27.7. The molecule has 1 N–H and O–H groups in total. The van der Waals surface area contributed by atoms with Gasteiger partial charge in [-0.15, -0.1) is 0 Å². The molecule has 1 fully saturated rings. The first-order valence-electron chi connectivity index (χ1n) is 6.74. The van der Waals surface area contributed by atoms with Gasteiger partial charge in [0.25, 0.3) is 0 Å². The lowest BCUT2D eigenvalue weighted by Gasteiger charge is -2.21. The summed E-state index contributed by atoms with van der Waals surface area (Å²) in [6.45, 7) is 5.11. The maximum atomic E-state index is 6.10. The van der Waals surface area contributed by atoms with Crippen LogP contribution in [0.1, 0.15) is 31.9 Å². The summed E-state index contributed by atoms with van der Waals surface area (Å²) in [5.74, 6) is 1.61. The minimum absolute atomic E-state index is 0.0146. The van der Waals surface area contributed by atoms with Gasteiger partial charge in [-0.2, -0.15) is 0 Å². The molecule has 4 heteroatoms. The molecule has 0 aliphatic carbocycles. The van der Waals surface area contributed by atoms with Gasteiger partial charge in [-0.3, -0.25) is 0 Å². The molecule has 0 bridgehead atoms.